The summed E-state index contributed by atoms with van der Waals surface area (Å²) >= 11 is 0. The minimum absolute atomic E-state index is 0.208. The molecule has 0 unspecified atom stereocenters. The van der Waals surface area contributed by atoms with Crippen LogP contribution in [-0.2, 0) is 6.42 Å². The molecule has 22 heavy (non-hydrogen) atoms. The minimum atomic E-state index is -0.208. The van der Waals surface area contributed by atoms with E-state index in [1.165, 1.54) is 11.1 Å². The Hall–Kier alpha value is -2.82. The fourth-order valence-corrected chi connectivity index (χ4v) is 2.32. The van der Waals surface area contributed by atoms with Gasteiger partial charge in [0.05, 0.1) is 17.4 Å². The van der Waals surface area contributed by atoms with Crippen molar-refractivity contribution in [2.45, 2.75) is 13.3 Å². The highest BCUT2D eigenvalue weighted by molar-refractivity contribution is 6.00. The number of benzene rings is 2. The number of urea groups is 1. The molecule has 3 aromatic rings. The number of carbonyl (C=O) groups is 1. The largest absolute Gasteiger partial charge is 0.338 e. The number of aromatic nitrogens is 2. The molecule has 1 aromatic heterocycles. The van der Waals surface area contributed by atoms with Gasteiger partial charge in [-0.1, -0.05) is 35.9 Å². The maximum atomic E-state index is 12.0. The molecule has 0 aliphatic carbocycles. The fourth-order valence-electron chi connectivity index (χ4n) is 2.32. The fraction of sp³-hybridized carbons (Fsp3) is 0.176. The van der Waals surface area contributed by atoms with E-state index < -0.39 is 0 Å². The lowest BCUT2D eigenvalue weighted by molar-refractivity contribution is 0.252. The third-order valence-electron chi connectivity index (χ3n) is 3.55. The number of nitrogens with zero attached hydrogens (tertiary/aromatic N) is 1. The second-order valence-electron chi connectivity index (χ2n) is 5.25. The summed E-state index contributed by atoms with van der Waals surface area (Å²) in [5, 5.41) is 13.5. The molecule has 0 bridgehead atoms. The first kappa shape index (κ1) is 14.1. The van der Waals surface area contributed by atoms with Gasteiger partial charge in [-0.25, -0.2) is 4.79 Å². The van der Waals surface area contributed by atoms with Crippen molar-refractivity contribution in [1.82, 2.24) is 15.5 Å². The van der Waals surface area contributed by atoms with E-state index >= 15 is 0 Å². The molecule has 0 aliphatic rings. The Morgan fingerprint density at radius 3 is 2.82 bits per heavy atom. The van der Waals surface area contributed by atoms with Gasteiger partial charge in [0, 0.05) is 11.9 Å². The molecule has 3 rings (SSSR count). The van der Waals surface area contributed by atoms with Gasteiger partial charge >= 0.3 is 6.03 Å². The zero-order chi connectivity index (χ0) is 15.4. The number of hydrogen-bond donors (Lipinski definition) is 3. The van der Waals surface area contributed by atoms with Crippen LogP contribution in [0, 0.1) is 6.92 Å². The van der Waals surface area contributed by atoms with Gasteiger partial charge in [-0.05, 0) is 31.0 Å². The van der Waals surface area contributed by atoms with Gasteiger partial charge in [-0.2, -0.15) is 5.10 Å². The Bertz CT molecular complexity index is 777. The van der Waals surface area contributed by atoms with E-state index in [1.807, 2.05) is 18.2 Å². The van der Waals surface area contributed by atoms with E-state index in [9.17, 15) is 4.79 Å². The smallest absolute Gasteiger partial charge is 0.319 e. The van der Waals surface area contributed by atoms with Crippen molar-refractivity contribution < 1.29 is 4.79 Å². The van der Waals surface area contributed by atoms with Gasteiger partial charge in [0.2, 0.25) is 0 Å². The van der Waals surface area contributed by atoms with Crippen molar-refractivity contribution in [3.05, 3.63) is 59.8 Å². The summed E-state index contributed by atoms with van der Waals surface area (Å²) in [6.07, 6.45) is 2.51. The van der Waals surface area contributed by atoms with Gasteiger partial charge in [0.1, 0.15) is 0 Å². The van der Waals surface area contributed by atoms with Crippen molar-refractivity contribution in [3.63, 3.8) is 0 Å². The van der Waals surface area contributed by atoms with Crippen LogP contribution < -0.4 is 10.6 Å². The molecule has 0 spiro atoms. The number of nitrogens with one attached hydrogen (secondary N) is 3. The Balaban J connectivity index is 1.54. The molecule has 2 aromatic carbocycles. The second-order valence-corrected chi connectivity index (χ2v) is 5.25. The number of fused-ring (bicyclic) bond motifs is 1. The Morgan fingerprint density at radius 2 is 2.00 bits per heavy atom. The molecule has 2 amide bonds. The first-order valence-electron chi connectivity index (χ1n) is 7.25. The third kappa shape index (κ3) is 3.25. The number of anilines is 1. The van der Waals surface area contributed by atoms with E-state index in [2.05, 4.69) is 52.0 Å². The highest BCUT2D eigenvalue weighted by atomic mass is 16.2. The van der Waals surface area contributed by atoms with E-state index in [0.29, 0.717) is 6.54 Å². The number of hydrogen-bond acceptors (Lipinski definition) is 2. The molecule has 5 nitrogen and oxygen atoms in total. The van der Waals surface area contributed by atoms with Crippen molar-refractivity contribution >= 4 is 22.6 Å². The van der Waals surface area contributed by atoms with E-state index in [1.54, 1.807) is 6.20 Å². The molecule has 0 saturated heterocycles. The summed E-state index contributed by atoms with van der Waals surface area (Å²) in [6.45, 7) is 2.65. The van der Waals surface area contributed by atoms with Crippen LogP contribution in [0.3, 0.4) is 0 Å². The van der Waals surface area contributed by atoms with E-state index in [4.69, 9.17) is 0 Å². The van der Waals surface area contributed by atoms with Gasteiger partial charge in [-0.15, -0.1) is 0 Å². The van der Waals surface area contributed by atoms with Gasteiger partial charge in [0.15, 0.2) is 0 Å². The normalized spacial score (nSPS) is 10.6. The van der Waals surface area contributed by atoms with Gasteiger partial charge in [-0.3, -0.25) is 5.10 Å². The molecule has 112 valence electrons. The molecule has 3 N–H and O–H groups in total. The maximum absolute atomic E-state index is 12.0. The summed E-state index contributed by atoms with van der Waals surface area (Å²) in [5.41, 5.74) is 4.10. The van der Waals surface area contributed by atoms with Crippen LogP contribution in [0.2, 0.25) is 0 Å². The lowest BCUT2D eigenvalue weighted by atomic mass is 10.1. The van der Waals surface area contributed by atoms with Gasteiger partial charge in [0.25, 0.3) is 0 Å². The highest BCUT2D eigenvalue weighted by Crippen LogP contribution is 2.20. The number of rotatable bonds is 4. The first-order chi connectivity index (χ1) is 10.7. The number of aromatic amines is 1. The lowest BCUT2D eigenvalue weighted by Gasteiger charge is -2.08. The van der Waals surface area contributed by atoms with Crippen LogP contribution in [0.1, 0.15) is 11.1 Å². The predicted octanol–water partition coefficient (Wildman–Crippen LogP) is 3.24. The van der Waals surface area contributed by atoms with Crippen LogP contribution in [-0.4, -0.2) is 22.8 Å². The van der Waals surface area contributed by atoms with E-state index in [0.717, 1.165) is 23.0 Å². The van der Waals surface area contributed by atoms with Crippen LogP contribution >= 0.6 is 0 Å². The van der Waals surface area contributed by atoms with E-state index in [-0.39, 0.29) is 6.03 Å². The standard InChI is InChI=1S/C17H18N4O/c1-12-5-7-13(8-6-12)9-10-18-17(22)20-15-3-2-4-16-14(15)11-19-21-16/h2-8,11H,9-10H2,1H3,(H,19,21)(H2,18,20,22). The molecule has 0 fully saturated rings. The van der Waals surface area contributed by atoms with Crippen molar-refractivity contribution in [1.29, 1.82) is 0 Å². The Kier molecular flexibility index (Phi) is 4.05. The number of amides is 2. The summed E-state index contributed by atoms with van der Waals surface area (Å²) in [6, 6.07) is 13.8. The predicted molar refractivity (Wildman–Crippen MR) is 88.0 cm³/mol. The minimum Gasteiger partial charge on any atom is -0.338 e. The molecule has 0 atom stereocenters. The zero-order valence-corrected chi connectivity index (χ0v) is 12.4. The third-order valence-corrected chi connectivity index (χ3v) is 3.55. The summed E-state index contributed by atoms with van der Waals surface area (Å²) in [4.78, 5) is 12.0. The topological polar surface area (TPSA) is 69.8 Å². The molecule has 5 heteroatoms. The lowest BCUT2D eigenvalue weighted by Crippen LogP contribution is -2.30. The SMILES string of the molecule is Cc1ccc(CCNC(=O)Nc2cccc3[nH]ncc23)cc1. The Labute approximate surface area is 128 Å². The van der Waals surface area contributed by atoms with Crippen molar-refractivity contribution in [3.8, 4) is 0 Å². The van der Waals surface area contributed by atoms with Gasteiger partial charge < -0.3 is 10.6 Å². The average Bonchev–Trinajstić information content (AvgIpc) is 2.99. The molecule has 1 heterocycles. The quantitative estimate of drug-likeness (QED) is 0.691. The number of H-pyrrole nitrogens is 1. The van der Waals surface area contributed by atoms with Crippen molar-refractivity contribution in [2.24, 2.45) is 0 Å². The van der Waals surface area contributed by atoms with Crippen LogP contribution in [0.4, 0.5) is 10.5 Å². The van der Waals surface area contributed by atoms with Crippen molar-refractivity contribution in [2.75, 3.05) is 11.9 Å². The summed E-state index contributed by atoms with van der Waals surface area (Å²) in [5.74, 6) is 0. The molecule has 0 aliphatic heterocycles. The number of aryl methyl sites for hydroxylation is 1. The monoisotopic (exact) mass is 294 g/mol. The Morgan fingerprint density at radius 1 is 1.18 bits per heavy atom. The molecule has 0 radical (unpaired) electrons. The first-order valence-corrected chi connectivity index (χ1v) is 7.25. The van der Waals surface area contributed by atoms with Crippen LogP contribution in [0.15, 0.2) is 48.7 Å². The number of carbonyl (C=O) groups excluding carboxylic acids is 1. The average molecular weight is 294 g/mol. The zero-order valence-electron chi connectivity index (χ0n) is 12.4. The van der Waals surface area contributed by atoms with Crippen LogP contribution in [0.5, 0.6) is 0 Å². The maximum Gasteiger partial charge on any atom is 0.319 e. The summed E-state index contributed by atoms with van der Waals surface area (Å²) < 4.78 is 0. The highest BCUT2D eigenvalue weighted by Gasteiger charge is 2.06. The van der Waals surface area contributed by atoms with Crippen LogP contribution in [0.25, 0.3) is 10.9 Å². The molecular formula is C17H18N4O. The summed E-state index contributed by atoms with van der Waals surface area (Å²) in [7, 11) is 0. The second kappa shape index (κ2) is 6.30. The molecular weight excluding hydrogens is 276 g/mol. The molecule has 0 saturated carbocycles.